The molecule has 0 spiro atoms. The van der Waals surface area contributed by atoms with Crippen LogP contribution in [0.4, 0.5) is 0 Å². The molecular weight excluding hydrogens is 562 g/mol. The zero-order chi connectivity index (χ0) is 29.6. The maximum absolute atomic E-state index is 13.7. The molecule has 3 heterocycles. The second-order valence-corrected chi connectivity index (χ2v) is 12.9. The Kier molecular flexibility index (Phi) is 6.04. The van der Waals surface area contributed by atoms with Gasteiger partial charge in [-0.25, -0.2) is 4.98 Å². The summed E-state index contributed by atoms with van der Waals surface area (Å²) in [5, 5.41) is 11.5. The molecule has 1 aliphatic heterocycles. The van der Waals surface area contributed by atoms with Crippen molar-refractivity contribution >= 4 is 39.4 Å². The van der Waals surface area contributed by atoms with Gasteiger partial charge < -0.3 is 29.6 Å². The summed E-state index contributed by atoms with van der Waals surface area (Å²) < 4.78 is 10.3. The third-order valence-electron chi connectivity index (χ3n) is 9.86. The average molecular weight is 596 g/mol. The fraction of sp³-hybridized carbons (Fsp3) is 0.353. The van der Waals surface area contributed by atoms with Gasteiger partial charge in [-0.1, -0.05) is 35.9 Å². The molecule has 3 N–H and O–H groups in total. The molecule has 220 valence electrons. The topological polar surface area (TPSA) is 98.5 Å². The summed E-state index contributed by atoms with van der Waals surface area (Å²) in [6.45, 7) is 1.60. The van der Waals surface area contributed by atoms with Gasteiger partial charge in [-0.05, 0) is 73.4 Å². The summed E-state index contributed by atoms with van der Waals surface area (Å²) in [6.07, 6.45) is 4.47. The lowest BCUT2D eigenvalue weighted by Gasteiger charge is -2.27. The Morgan fingerprint density at radius 1 is 1.09 bits per heavy atom. The maximum atomic E-state index is 13.7. The molecule has 9 heteroatoms. The lowest BCUT2D eigenvalue weighted by molar-refractivity contribution is 0.0700. The van der Waals surface area contributed by atoms with Gasteiger partial charge in [0.15, 0.2) is 5.82 Å². The Hall–Kier alpha value is -4.01. The van der Waals surface area contributed by atoms with E-state index in [1.165, 1.54) is 12.8 Å². The summed E-state index contributed by atoms with van der Waals surface area (Å²) in [6, 6.07) is 17.8. The molecular formula is C34H34ClN5O3. The number of carbonyl (C=O) groups is 1. The number of nitrogens with zero attached hydrogens (tertiary/aromatic N) is 4. The summed E-state index contributed by atoms with van der Waals surface area (Å²) in [4.78, 5) is 20.8. The van der Waals surface area contributed by atoms with Crippen LogP contribution in [0.15, 0.2) is 54.6 Å². The lowest BCUT2D eigenvalue weighted by atomic mass is 10.0. The number of imidazole rings is 1. The molecule has 2 bridgehead atoms. The number of benzene rings is 3. The summed E-state index contributed by atoms with van der Waals surface area (Å²) >= 11 is 6.33. The number of phenols is 1. The van der Waals surface area contributed by atoms with Crippen LogP contribution in [-0.4, -0.2) is 55.8 Å². The van der Waals surface area contributed by atoms with Crippen molar-refractivity contribution in [2.75, 3.05) is 13.7 Å². The van der Waals surface area contributed by atoms with Crippen molar-refractivity contribution < 1.29 is 14.6 Å². The quantitative estimate of drug-likeness (QED) is 0.243. The first-order valence-electron chi connectivity index (χ1n) is 15.0. The molecule has 2 aromatic heterocycles. The third kappa shape index (κ3) is 4.14. The van der Waals surface area contributed by atoms with Gasteiger partial charge in [-0.15, -0.1) is 0 Å². The molecule has 3 aliphatic rings. The second kappa shape index (κ2) is 9.76. The van der Waals surface area contributed by atoms with Gasteiger partial charge in [-0.2, -0.15) is 0 Å². The Labute approximate surface area is 254 Å². The molecule has 3 atom stereocenters. The van der Waals surface area contributed by atoms with Crippen molar-refractivity contribution in [1.29, 1.82) is 0 Å². The molecule has 0 radical (unpaired) electrons. The molecule has 2 saturated carbocycles. The SMILES string of the molecule is COc1cc(C(=O)N2C[C@H]3CC[C@@H]2[C@@H]3N)cc2nc(-c3cc4cccc(-c5ccc(O)c(Cl)c5)c4n3CC3CC3)n(C)c12. The number of phenolic OH excluding ortho intramolecular Hbond substituents is 1. The van der Waals surface area contributed by atoms with Crippen molar-refractivity contribution in [2.45, 2.75) is 44.3 Å². The number of nitrogens with two attached hydrogens (primary N) is 1. The number of hydrogen-bond acceptors (Lipinski definition) is 5. The first-order valence-corrected chi connectivity index (χ1v) is 15.4. The fourth-order valence-corrected chi connectivity index (χ4v) is 7.61. The van der Waals surface area contributed by atoms with Crippen LogP contribution in [0.5, 0.6) is 11.5 Å². The summed E-state index contributed by atoms with van der Waals surface area (Å²) in [7, 11) is 3.65. The number of methoxy groups -OCH3 is 1. The summed E-state index contributed by atoms with van der Waals surface area (Å²) in [5.74, 6) is 2.50. The number of hydrogen-bond donors (Lipinski definition) is 2. The standard InChI is InChI=1S/C34H34ClN5O3/c1-38-32-25(13-22(15-29(32)43-2)34(42)40-17-21-8-10-26(40)30(21)36)37-33(38)27-14-20-4-3-5-23(19-9-11-28(41)24(35)12-19)31(20)39(27)16-18-6-7-18/h3-5,9,11-15,18,21,26,30,41H,6-8,10,16-17,36H2,1-2H3/t21-,26-,30-/m1/s1. The minimum Gasteiger partial charge on any atom is -0.506 e. The second-order valence-electron chi connectivity index (χ2n) is 12.5. The van der Waals surface area contributed by atoms with Crippen molar-refractivity contribution in [2.24, 2.45) is 24.6 Å². The van der Waals surface area contributed by atoms with E-state index in [1.54, 1.807) is 13.2 Å². The van der Waals surface area contributed by atoms with E-state index >= 15 is 0 Å². The van der Waals surface area contributed by atoms with Crippen molar-refractivity contribution in [3.8, 4) is 34.1 Å². The number of aromatic nitrogens is 3. The van der Waals surface area contributed by atoms with Gasteiger partial charge in [0, 0.05) is 48.7 Å². The van der Waals surface area contributed by atoms with Crippen LogP contribution in [0.3, 0.4) is 0 Å². The van der Waals surface area contributed by atoms with Crippen LogP contribution in [-0.2, 0) is 13.6 Å². The van der Waals surface area contributed by atoms with Gasteiger partial charge in [0.25, 0.3) is 5.91 Å². The van der Waals surface area contributed by atoms with Crippen LogP contribution >= 0.6 is 11.6 Å². The maximum Gasteiger partial charge on any atom is 0.254 e. The Bertz CT molecular complexity index is 1940. The van der Waals surface area contributed by atoms with Crippen LogP contribution < -0.4 is 10.5 Å². The molecule has 2 aliphatic carbocycles. The molecule has 0 unspecified atom stereocenters. The Balaban J connectivity index is 1.28. The van der Waals surface area contributed by atoms with Gasteiger partial charge in [0.1, 0.15) is 17.0 Å². The minimum absolute atomic E-state index is 0.00454. The molecule has 8 nitrogen and oxygen atoms in total. The Morgan fingerprint density at radius 2 is 1.93 bits per heavy atom. The smallest absolute Gasteiger partial charge is 0.254 e. The first-order chi connectivity index (χ1) is 20.8. The van der Waals surface area contributed by atoms with Crippen LogP contribution in [0.1, 0.15) is 36.0 Å². The van der Waals surface area contributed by atoms with Gasteiger partial charge in [0.05, 0.1) is 28.9 Å². The lowest BCUT2D eigenvalue weighted by Crippen LogP contribution is -2.41. The molecule has 43 heavy (non-hydrogen) atoms. The van der Waals surface area contributed by atoms with Gasteiger partial charge in [0.2, 0.25) is 0 Å². The van der Waals surface area contributed by atoms with Crippen molar-refractivity contribution in [3.05, 3.63) is 65.2 Å². The minimum atomic E-state index is -0.00454. The molecule has 8 rings (SSSR count). The van der Waals surface area contributed by atoms with E-state index in [-0.39, 0.29) is 23.7 Å². The highest BCUT2D eigenvalue weighted by atomic mass is 35.5. The highest BCUT2D eigenvalue weighted by molar-refractivity contribution is 6.32. The van der Waals surface area contributed by atoms with Crippen LogP contribution in [0.2, 0.25) is 5.02 Å². The molecule has 1 saturated heterocycles. The number of halogens is 1. The number of ether oxygens (including phenoxy) is 1. The van der Waals surface area contributed by atoms with Crippen molar-refractivity contribution in [3.63, 3.8) is 0 Å². The molecule has 1 amide bonds. The summed E-state index contributed by atoms with van der Waals surface area (Å²) in [5.41, 5.74) is 12.7. The van der Waals surface area contributed by atoms with Crippen molar-refractivity contribution in [1.82, 2.24) is 19.0 Å². The van der Waals surface area contributed by atoms with E-state index in [9.17, 15) is 9.90 Å². The van der Waals surface area contributed by atoms with E-state index in [0.717, 1.165) is 64.0 Å². The molecule has 3 fully saturated rings. The van der Waals surface area contributed by atoms with E-state index in [4.69, 9.17) is 27.1 Å². The number of fused-ring (bicyclic) bond motifs is 4. The number of aryl methyl sites for hydroxylation is 1. The number of rotatable bonds is 6. The number of carbonyl (C=O) groups excluding carboxylic acids is 1. The predicted octanol–water partition coefficient (Wildman–Crippen LogP) is 6.20. The molecule has 5 aromatic rings. The number of para-hydroxylation sites is 1. The zero-order valence-corrected chi connectivity index (χ0v) is 25.0. The van der Waals surface area contributed by atoms with E-state index in [2.05, 4.69) is 33.4 Å². The monoisotopic (exact) mass is 595 g/mol. The number of amides is 1. The molecule has 3 aromatic carbocycles. The normalized spacial score (nSPS) is 21.4. The largest absolute Gasteiger partial charge is 0.506 e. The van der Waals surface area contributed by atoms with Crippen LogP contribution in [0.25, 0.3) is 44.6 Å². The Morgan fingerprint density at radius 3 is 2.63 bits per heavy atom. The van der Waals surface area contributed by atoms with Gasteiger partial charge >= 0.3 is 0 Å². The predicted molar refractivity (Wildman–Crippen MR) is 169 cm³/mol. The van der Waals surface area contributed by atoms with Gasteiger partial charge in [-0.3, -0.25) is 4.79 Å². The van der Waals surface area contributed by atoms with E-state index in [1.807, 2.05) is 36.2 Å². The van der Waals surface area contributed by atoms with Crippen LogP contribution in [0, 0.1) is 11.8 Å². The fourth-order valence-electron chi connectivity index (χ4n) is 7.43. The number of likely N-dealkylation sites (tertiary alicyclic amines) is 1. The van der Waals surface area contributed by atoms with E-state index < -0.39 is 0 Å². The third-order valence-corrected chi connectivity index (χ3v) is 10.2. The van der Waals surface area contributed by atoms with E-state index in [0.29, 0.717) is 34.7 Å². The first kappa shape index (κ1) is 26.6. The zero-order valence-electron chi connectivity index (χ0n) is 24.3. The highest BCUT2D eigenvalue weighted by Crippen LogP contribution is 2.42. The average Bonchev–Trinajstić information content (AvgIpc) is 3.40. The number of piperidine rings is 1. The highest BCUT2D eigenvalue weighted by Gasteiger charge is 2.47. The number of aromatic hydroxyl groups is 1.